The Balaban J connectivity index is 1.64. The Hall–Kier alpha value is -1.39. The average molecular weight is 374 g/mol. The zero-order chi connectivity index (χ0) is 16.2. The van der Waals surface area contributed by atoms with Gasteiger partial charge in [-0.05, 0) is 65.4 Å². The van der Waals surface area contributed by atoms with Crippen LogP contribution in [0.5, 0.6) is 0 Å². The summed E-state index contributed by atoms with van der Waals surface area (Å²) in [4.78, 5) is 6.69. The molecule has 23 heavy (non-hydrogen) atoms. The Kier molecular flexibility index (Phi) is 5.34. The average Bonchev–Trinajstić information content (AvgIpc) is 2.60. The fourth-order valence-electron chi connectivity index (χ4n) is 3.26. The quantitative estimate of drug-likeness (QED) is 0.844. The van der Waals surface area contributed by atoms with Crippen molar-refractivity contribution in [1.82, 2.24) is 10.3 Å². The first-order valence-corrected chi connectivity index (χ1v) is 9.09. The van der Waals surface area contributed by atoms with Crippen LogP contribution >= 0.6 is 15.9 Å². The van der Waals surface area contributed by atoms with Crippen LogP contribution in [0.1, 0.15) is 36.9 Å². The Labute approximate surface area is 147 Å². The lowest BCUT2D eigenvalue weighted by Gasteiger charge is -2.31. The highest BCUT2D eigenvalue weighted by molar-refractivity contribution is 9.10. The summed E-state index contributed by atoms with van der Waals surface area (Å²) < 4.78 is 1.15. The van der Waals surface area contributed by atoms with Crippen LogP contribution in [0.2, 0.25) is 0 Å². The first-order valence-electron chi connectivity index (χ1n) is 8.30. The number of fused-ring (bicyclic) bond motifs is 1. The molecule has 1 aliphatic rings. The zero-order valence-electron chi connectivity index (χ0n) is 13.8. The molecule has 1 aromatic carbocycles. The molecule has 0 fully saturated rings. The van der Waals surface area contributed by atoms with Crippen LogP contribution in [-0.4, -0.2) is 24.6 Å². The number of para-hydroxylation sites is 1. The second kappa shape index (κ2) is 7.45. The maximum atomic E-state index is 4.36. The van der Waals surface area contributed by atoms with Gasteiger partial charge in [-0.15, -0.1) is 0 Å². The predicted octanol–water partition coefficient (Wildman–Crippen LogP) is 4.34. The molecule has 0 spiro atoms. The molecule has 0 radical (unpaired) electrons. The van der Waals surface area contributed by atoms with Crippen molar-refractivity contribution in [2.75, 3.05) is 18.5 Å². The Morgan fingerprint density at radius 2 is 2.09 bits per heavy atom. The summed E-state index contributed by atoms with van der Waals surface area (Å²) in [5.74, 6) is 0. The molecule has 2 unspecified atom stereocenters. The van der Waals surface area contributed by atoms with Crippen LogP contribution in [0.3, 0.4) is 0 Å². The van der Waals surface area contributed by atoms with Gasteiger partial charge in [0.25, 0.3) is 0 Å². The van der Waals surface area contributed by atoms with Crippen molar-refractivity contribution in [3.63, 3.8) is 0 Å². The van der Waals surface area contributed by atoms with E-state index in [4.69, 9.17) is 0 Å². The first-order chi connectivity index (χ1) is 11.2. The van der Waals surface area contributed by atoms with E-state index in [1.807, 2.05) is 12.4 Å². The molecule has 1 N–H and O–H groups in total. The normalized spacial score (nSPS) is 18.3. The summed E-state index contributed by atoms with van der Waals surface area (Å²) in [6, 6.07) is 11.4. The van der Waals surface area contributed by atoms with E-state index in [0.717, 1.165) is 17.4 Å². The molecule has 1 aliphatic carbocycles. The van der Waals surface area contributed by atoms with E-state index in [1.165, 1.54) is 29.7 Å². The molecule has 3 nitrogen and oxygen atoms in total. The molecule has 0 aliphatic heterocycles. The van der Waals surface area contributed by atoms with Gasteiger partial charge in [0.1, 0.15) is 0 Å². The molecule has 1 aromatic heterocycles. The monoisotopic (exact) mass is 373 g/mol. The standard InChI is InChI=1S/C19H24BrN3/c1-14(23(2)15-7-4-3-5-8-15)11-22-19-10-6-9-16-17(19)12-21-13-18(16)20/h3-5,7-8,12-14,19,22H,6,9-11H2,1-2H3. The zero-order valence-corrected chi connectivity index (χ0v) is 15.4. The molecular formula is C19H24BrN3. The lowest BCUT2D eigenvalue weighted by molar-refractivity contribution is 0.439. The van der Waals surface area contributed by atoms with Crippen LogP contribution in [0.15, 0.2) is 47.2 Å². The van der Waals surface area contributed by atoms with E-state index in [2.05, 4.69) is 75.4 Å². The van der Waals surface area contributed by atoms with Crippen LogP contribution < -0.4 is 10.2 Å². The highest BCUT2D eigenvalue weighted by Gasteiger charge is 2.22. The molecule has 0 amide bonds. The van der Waals surface area contributed by atoms with Gasteiger partial charge >= 0.3 is 0 Å². The van der Waals surface area contributed by atoms with Crippen molar-refractivity contribution in [2.24, 2.45) is 0 Å². The van der Waals surface area contributed by atoms with Crippen molar-refractivity contribution in [1.29, 1.82) is 0 Å². The number of aromatic nitrogens is 1. The third-order valence-corrected chi connectivity index (χ3v) is 5.50. The number of pyridine rings is 1. The van der Waals surface area contributed by atoms with Crippen molar-refractivity contribution >= 4 is 21.6 Å². The number of benzene rings is 1. The molecule has 2 atom stereocenters. The maximum Gasteiger partial charge on any atom is 0.0413 e. The van der Waals surface area contributed by atoms with Gasteiger partial charge in [0.2, 0.25) is 0 Å². The van der Waals surface area contributed by atoms with Crippen molar-refractivity contribution in [3.05, 3.63) is 58.3 Å². The highest BCUT2D eigenvalue weighted by atomic mass is 79.9. The number of nitrogens with one attached hydrogen (secondary N) is 1. The van der Waals surface area contributed by atoms with Gasteiger partial charge in [-0.1, -0.05) is 18.2 Å². The molecule has 122 valence electrons. The number of hydrogen-bond donors (Lipinski definition) is 1. The fourth-order valence-corrected chi connectivity index (χ4v) is 3.80. The Bertz CT molecular complexity index is 644. The summed E-state index contributed by atoms with van der Waals surface area (Å²) in [6.45, 7) is 3.23. The summed E-state index contributed by atoms with van der Waals surface area (Å²) in [7, 11) is 2.16. The number of halogens is 1. The Morgan fingerprint density at radius 1 is 1.30 bits per heavy atom. The summed E-state index contributed by atoms with van der Waals surface area (Å²) >= 11 is 3.64. The molecule has 2 aromatic rings. The minimum Gasteiger partial charge on any atom is -0.371 e. The number of hydrogen-bond acceptors (Lipinski definition) is 3. The predicted molar refractivity (Wildman–Crippen MR) is 99.9 cm³/mol. The smallest absolute Gasteiger partial charge is 0.0413 e. The van der Waals surface area contributed by atoms with Crippen molar-refractivity contribution < 1.29 is 0 Å². The van der Waals surface area contributed by atoms with E-state index >= 15 is 0 Å². The van der Waals surface area contributed by atoms with E-state index in [-0.39, 0.29) is 0 Å². The summed E-state index contributed by atoms with van der Waals surface area (Å²) in [6.07, 6.45) is 7.51. The third kappa shape index (κ3) is 3.75. The molecule has 0 bridgehead atoms. The lowest BCUT2D eigenvalue weighted by atomic mass is 9.89. The van der Waals surface area contributed by atoms with E-state index in [9.17, 15) is 0 Å². The van der Waals surface area contributed by atoms with E-state index in [1.54, 1.807) is 0 Å². The number of anilines is 1. The Morgan fingerprint density at radius 3 is 2.87 bits per heavy atom. The van der Waals surface area contributed by atoms with Gasteiger partial charge in [0, 0.05) is 48.2 Å². The number of rotatable bonds is 5. The second-order valence-corrected chi connectivity index (χ2v) is 7.19. The molecule has 4 heteroatoms. The number of likely N-dealkylation sites (N-methyl/N-ethyl adjacent to an activating group) is 1. The van der Waals surface area contributed by atoms with Crippen LogP contribution in [0.4, 0.5) is 5.69 Å². The number of nitrogens with zero attached hydrogens (tertiary/aromatic N) is 2. The topological polar surface area (TPSA) is 28.2 Å². The van der Waals surface area contributed by atoms with E-state index < -0.39 is 0 Å². The van der Waals surface area contributed by atoms with Crippen molar-refractivity contribution in [3.8, 4) is 0 Å². The van der Waals surface area contributed by atoms with Crippen molar-refractivity contribution in [2.45, 2.75) is 38.3 Å². The SMILES string of the molecule is CC(CNC1CCCc2c(Br)cncc21)N(C)c1ccccc1. The molecular weight excluding hydrogens is 350 g/mol. The molecule has 1 heterocycles. The van der Waals surface area contributed by atoms with Gasteiger partial charge in [-0.25, -0.2) is 0 Å². The van der Waals surface area contributed by atoms with Gasteiger partial charge in [0.15, 0.2) is 0 Å². The van der Waals surface area contributed by atoms with Gasteiger partial charge in [-0.3, -0.25) is 4.98 Å². The van der Waals surface area contributed by atoms with Crippen LogP contribution in [0, 0.1) is 0 Å². The van der Waals surface area contributed by atoms with Gasteiger partial charge < -0.3 is 10.2 Å². The summed E-state index contributed by atoms with van der Waals surface area (Å²) in [5, 5.41) is 3.75. The molecule has 0 saturated heterocycles. The minimum absolute atomic E-state index is 0.412. The highest BCUT2D eigenvalue weighted by Crippen LogP contribution is 2.33. The third-order valence-electron chi connectivity index (χ3n) is 4.82. The fraction of sp³-hybridized carbons (Fsp3) is 0.421. The lowest BCUT2D eigenvalue weighted by Crippen LogP contribution is -2.40. The largest absolute Gasteiger partial charge is 0.371 e. The molecule has 0 saturated carbocycles. The van der Waals surface area contributed by atoms with Crippen LogP contribution in [-0.2, 0) is 6.42 Å². The van der Waals surface area contributed by atoms with E-state index in [0.29, 0.717) is 12.1 Å². The second-order valence-electron chi connectivity index (χ2n) is 6.34. The van der Waals surface area contributed by atoms with Gasteiger partial charge in [-0.2, -0.15) is 0 Å². The minimum atomic E-state index is 0.412. The molecule has 3 rings (SSSR count). The first kappa shape index (κ1) is 16.5. The maximum absolute atomic E-state index is 4.36. The van der Waals surface area contributed by atoms with Gasteiger partial charge in [0.05, 0.1) is 0 Å². The van der Waals surface area contributed by atoms with Crippen LogP contribution in [0.25, 0.3) is 0 Å². The summed E-state index contributed by atoms with van der Waals surface area (Å²) in [5.41, 5.74) is 4.04.